The molecule has 0 unspecified atom stereocenters. The Kier molecular flexibility index (Phi) is 10.8. The van der Waals surface area contributed by atoms with Crippen molar-refractivity contribution in [2.75, 3.05) is 26.2 Å². The van der Waals surface area contributed by atoms with Crippen molar-refractivity contribution in [1.82, 2.24) is 0 Å². The van der Waals surface area contributed by atoms with Gasteiger partial charge in [-0.1, -0.05) is 0 Å². The first-order valence-electron chi connectivity index (χ1n) is 6.14. The summed E-state index contributed by atoms with van der Waals surface area (Å²) in [5, 5.41) is 17.4. The van der Waals surface area contributed by atoms with Gasteiger partial charge < -0.3 is 19.5 Å². The summed E-state index contributed by atoms with van der Waals surface area (Å²) >= 11 is 0. The molecule has 0 aromatic carbocycles. The van der Waals surface area contributed by atoms with Crippen LogP contribution in [0, 0.1) is 0 Å². The van der Waals surface area contributed by atoms with Gasteiger partial charge in [0.05, 0.1) is 32.6 Å². The molecular formula is C12H25NO4. The molecule has 0 aliphatic carbocycles. The SMILES string of the molecule is CC[N+](CC)(CC)CC.O=C([O-])CCC(=O)O. The molecular weight excluding hydrogens is 222 g/mol. The maximum Gasteiger partial charge on any atom is 0.303 e. The van der Waals surface area contributed by atoms with Crippen LogP contribution in [-0.2, 0) is 9.59 Å². The lowest BCUT2D eigenvalue weighted by molar-refractivity contribution is -0.921. The highest BCUT2D eigenvalue weighted by molar-refractivity contribution is 5.74. The summed E-state index contributed by atoms with van der Waals surface area (Å²) in [6.07, 6.45) is -0.766. The van der Waals surface area contributed by atoms with Crippen LogP contribution in [0.1, 0.15) is 40.5 Å². The fraction of sp³-hybridized carbons (Fsp3) is 0.833. The zero-order chi connectivity index (χ0) is 13.9. The number of carboxylic acid groups (broad SMARTS) is 2. The molecule has 0 aliphatic heterocycles. The van der Waals surface area contributed by atoms with Gasteiger partial charge in [0.25, 0.3) is 0 Å². The van der Waals surface area contributed by atoms with E-state index < -0.39 is 18.4 Å². The Morgan fingerprint density at radius 2 is 1.29 bits per heavy atom. The quantitative estimate of drug-likeness (QED) is 0.664. The fourth-order valence-electron chi connectivity index (χ4n) is 1.55. The van der Waals surface area contributed by atoms with Crippen LogP contribution in [-0.4, -0.2) is 47.7 Å². The minimum absolute atomic E-state index is 0.359. The Morgan fingerprint density at radius 3 is 1.35 bits per heavy atom. The van der Waals surface area contributed by atoms with Crippen LogP contribution >= 0.6 is 0 Å². The Bertz CT molecular complexity index is 193. The molecule has 0 fully saturated rings. The molecule has 0 atom stereocenters. The van der Waals surface area contributed by atoms with Crippen molar-refractivity contribution < 1.29 is 24.3 Å². The van der Waals surface area contributed by atoms with Crippen LogP contribution in [0.4, 0.5) is 0 Å². The Morgan fingerprint density at radius 1 is 0.941 bits per heavy atom. The zero-order valence-corrected chi connectivity index (χ0v) is 11.4. The van der Waals surface area contributed by atoms with E-state index in [0.29, 0.717) is 0 Å². The molecule has 0 spiro atoms. The maximum atomic E-state index is 9.61. The third-order valence-electron chi connectivity index (χ3n) is 3.23. The molecule has 0 aliphatic rings. The molecule has 0 heterocycles. The van der Waals surface area contributed by atoms with Gasteiger partial charge in [-0.15, -0.1) is 0 Å². The third kappa shape index (κ3) is 9.81. The molecule has 5 nitrogen and oxygen atoms in total. The molecule has 0 rings (SSSR count). The van der Waals surface area contributed by atoms with Crippen molar-refractivity contribution in [3.63, 3.8) is 0 Å². The summed E-state index contributed by atoms with van der Waals surface area (Å²) in [6.45, 7) is 14.2. The maximum absolute atomic E-state index is 9.61. The number of carbonyl (C=O) groups excluding carboxylic acids is 1. The summed E-state index contributed by atoms with van der Waals surface area (Å²) in [5.74, 6) is -2.44. The van der Waals surface area contributed by atoms with Crippen LogP contribution < -0.4 is 5.11 Å². The number of carboxylic acids is 2. The second-order valence-corrected chi connectivity index (χ2v) is 3.87. The third-order valence-corrected chi connectivity index (χ3v) is 3.23. The minimum atomic E-state index is -1.33. The van der Waals surface area contributed by atoms with E-state index >= 15 is 0 Å². The zero-order valence-electron chi connectivity index (χ0n) is 11.4. The van der Waals surface area contributed by atoms with Crippen LogP contribution in [0.2, 0.25) is 0 Å². The van der Waals surface area contributed by atoms with Crippen molar-refractivity contribution in [1.29, 1.82) is 0 Å². The van der Waals surface area contributed by atoms with E-state index in [-0.39, 0.29) is 6.42 Å². The summed E-state index contributed by atoms with van der Waals surface area (Å²) < 4.78 is 1.28. The van der Waals surface area contributed by atoms with Crippen molar-refractivity contribution in [2.24, 2.45) is 0 Å². The summed E-state index contributed by atoms with van der Waals surface area (Å²) in [4.78, 5) is 19.1. The number of hydrogen-bond donors (Lipinski definition) is 1. The molecule has 1 N–H and O–H groups in total. The first kappa shape index (κ1) is 18.3. The molecule has 0 radical (unpaired) electrons. The lowest BCUT2D eigenvalue weighted by Crippen LogP contribution is -2.47. The summed E-state index contributed by atoms with van der Waals surface area (Å²) in [6, 6.07) is 0. The standard InChI is InChI=1S/C8H20N.C4H6O4/c1-5-9(6-2,7-3)8-4;5-3(6)1-2-4(7)8/h5-8H2,1-4H3;1-2H2,(H,5,6)(H,7,8)/q+1;/p-1. The number of aliphatic carboxylic acids is 2. The van der Waals surface area contributed by atoms with E-state index in [1.807, 2.05) is 0 Å². The number of quaternary nitrogens is 1. The normalized spacial score (nSPS) is 10.4. The fourth-order valence-corrected chi connectivity index (χ4v) is 1.55. The predicted octanol–water partition coefficient (Wildman–Crippen LogP) is 0.484. The molecule has 0 amide bonds. The van der Waals surface area contributed by atoms with E-state index in [1.54, 1.807) is 0 Å². The Hall–Kier alpha value is -1.10. The molecule has 0 saturated carbocycles. The molecule has 0 aromatic rings. The Labute approximate surface area is 104 Å². The first-order valence-corrected chi connectivity index (χ1v) is 6.14. The highest BCUT2D eigenvalue weighted by atomic mass is 16.4. The van der Waals surface area contributed by atoms with Crippen LogP contribution in [0.15, 0.2) is 0 Å². The van der Waals surface area contributed by atoms with Gasteiger partial charge in [-0.25, -0.2) is 0 Å². The van der Waals surface area contributed by atoms with Crippen molar-refractivity contribution >= 4 is 11.9 Å². The van der Waals surface area contributed by atoms with Gasteiger partial charge in [-0.05, 0) is 34.1 Å². The van der Waals surface area contributed by atoms with Crippen LogP contribution in [0.25, 0.3) is 0 Å². The van der Waals surface area contributed by atoms with Crippen LogP contribution in [0.5, 0.6) is 0 Å². The van der Waals surface area contributed by atoms with Gasteiger partial charge in [0.1, 0.15) is 0 Å². The number of rotatable bonds is 7. The summed E-state index contributed by atoms with van der Waals surface area (Å²) in [7, 11) is 0. The van der Waals surface area contributed by atoms with Gasteiger partial charge in [0.15, 0.2) is 0 Å². The van der Waals surface area contributed by atoms with E-state index in [9.17, 15) is 14.7 Å². The lowest BCUT2D eigenvalue weighted by atomic mass is 10.3. The lowest BCUT2D eigenvalue weighted by Gasteiger charge is -2.34. The minimum Gasteiger partial charge on any atom is -0.550 e. The molecule has 0 bridgehead atoms. The van der Waals surface area contributed by atoms with Gasteiger partial charge in [-0.3, -0.25) is 4.79 Å². The van der Waals surface area contributed by atoms with Crippen molar-refractivity contribution in [3.05, 3.63) is 0 Å². The number of carbonyl (C=O) groups is 2. The highest BCUT2D eigenvalue weighted by Gasteiger charge is 2.16. The van der Waals surface area contributed by atoms with Gasteiger partial charge in [0, 0.05) is 5.97 Å². The van der Waals surface area contributed by atoms with Crippen molar-refractivity contribution in [3.8, 4) is 0 Å². The van der Waals surface area contributed by atoms with Gasteiger partial charge in [0.2, 0.25) is 0 Å². The average Bonchev–Trinajstić information content (AvgIpc) is 2.31. The van der Waals surface area contributed by atoms with Crippen LogP contribution in [0.3, 0.4) is 0 Å². The molecule has 17 heavy (non-hydrogen) atoms. The number of hydrogen-bond acceptors (Lipinski definition) is 3. The second-order valence-electron chi connectivity index (χ2n) is 3.87. The topological polar surface area (TPSA) is 77.4 Å². The predicted molar refractivity (Wildman–Crippen MR) is 64.3 cm³/mol. The average molecular weight is 247 g/mol. The summed E-state index contributed by atoms with van der Waals surface area (Å²) in [5.41, 5.74) is 0. The van der Waals surface area contributed by atoms with E-state index in [0.717, 1.165) is 0 Å². The second kappa shape index (κ2) is 10.1. The monoisotopic (exact) mass is 247 g/mol. The largest absolute Gasteiger partial charge is 0.550 e. The van der Waals surface area contributed by atoms with E-state index in [1.165, 1.54) is 30.7 Å². The van der Waals surface area contributed by atoms with E-state index in [4.69, 9.17) is 5.11 Å². The Balaban J connectivity index is 0. The number of nitrogens with zero attached hydrogens (tertiary/aromatic N) is 1. The smallest absolute Gasteiger partial charge is 0.303 e. The molecule has 0 saturated heterocycles. The molecule has 0 aromatic heterocycles. The highest BCUT2D eigenvalue weighted by Crippen LogP contribution is 2.03. The van der Waals surface area contributed by atoms with Crippen molar-refractivity contribution in [2.45, 2.75) is 40.5 Å². The first-order chi connectivity index (χ1) is 7.87. The van der Waals surface area contributed by atoms with Gasteiger partial charge >= 0.3 is 5.97 Å². The molecule has 5 heteroatoms. The van der Waals surface area contributed by atoms with Gasteiger partial charge in [-0.2, -0.15) is 0 Å². The van der Waals surface area contributed by atoms with E-state index in [2.05, 4.69) is 27.7 Å². The molecule has 102 valence electrons.